The van der Waals surface area contributed by atoms with E-state index in [1.807, 2.05) is 30.3 Å². The lowest BCUT2D eigenvalue weighted by Gasteiger charge is -2.26. The van der Waals surface area contributed by atoms with Crippen molar-refractivity contribution in [3.8, 4) is 11.5 Å². The van der Waals surface area contributed by atoms with Gasteiger partial charge in [-0.05, 0) is 57.2 Å². The molecule has 4 aromatic rings. The molecule has 1 aliphatic heterocycles. The summed E-state index contributed by atoms with van der Waals surface area (Å²) >= 11 is 4.72. The van der Waals surface area contributed by atoms with Gasteiger partial charge in [0.15, 0.2) is 4.80 Å². The smallest absolute Gasteiger partial charge is 0.338 e. The standard InChI is InChI=1S/C32H28BrFN2O5S/c1-18(2)41-31(38)28-19(3)35-32-36(29(28)23-16-22(33)13-14-26(23)39-4)30(37)27(42-32)15-20-9-6-8-12-25(20)40-17-21-10-5-7-11-24(21)34/h5-16,18,29H,17H2,1-4H3/b27-15-/t29-/m0/s1. The molecule has 0 unspecified atom stereocenters. The van der Waals surface area contributed by atoms with Crippen molar-refractivity contribution in [3.05, 3.63) is 125 Å². The Labute approximate surface area is 254 Å². The van der Waals surface area contributed by atoms with E-state index in [9.17, 15) is 14.0 Å². The lowest BCUT2D eigenvalue weighted by Crippen LogP contribution is -2.40. The molecular formula is C32H28BrFN2O5S. The molecule has 3 aromatic carbocycles. The van der Waals surface area contributed by atoms with Gasteiger partial charge in [0.1, 0.15) is 30.0 Å². The molecule has 216 valence electrons. The number of methoxy groups -OCH3 is 1. The van der Waals surface area contributed by atoms with E-state index in [1.165, 1.54) is 29.1 Å². The first-order chi connectivity index (χ1) is 20.2. The van der Waals surface area contributed by atoms with Gasteiger partial charge >= 0.3 is 5.97 Å². The molecule has 0 spiro atoms. The van der Waals surface area contributed by atoms with Crippen LogP contribution in [0.25, 0.3) is 6.08 Å². The van der Waals surface area contributed by atoms with Gasteiger partial charge in [-0.25, -0.2) is 14.2 Å². The fourth-order valence-electron chi connectivity index (χ4n) is 4.72. The summed E-state index contributed by atoms with van der Waals surface area (Å²) < 4.78 is 34.0. The van der Waals surface area contributed by atoms with Gasteiger partial charge in [0.2, 0.25) is 0 Å². The first kappa shape index (κ1) is 29.5. The summed E-state index contributed by atoms with van der Waals surface area (Å²) in [6.07, 6.45) is 1.36. The van der Waals surface area contributed by atoms with Crippen LogP contribution >= 0.6 is 27.3 Å². The quantitative estimate of drug-likeness (QED) is 0.230. The molecule has 1 aromatic heterocycles. The maximum absolute atomic E-state index is 14.2. The molecule has 10 heteroatoms. The van der Waals surface area contributed by atoms with Crippen LogP contribution in [0.4, 0.5) is 4.39 Å². The SMILES string of the molecule is COc1ccc(Br)cc1[C@H]1C(C(=O)OC(C)C)=C(C)N=c2s/c(=C\c3ccccc3OCc3ccccc3F)c(=O)n21. The molecule has 0 fully saturated rings. The van der Waals surface area contributed by atoms with E-state index in [0.29, 0.717) is 43.2 Å². The molecular weight excluding hydrogens is 623 g/mol. The number of aromatic nitrogens is 1. The molecule has 0 bridgehead atoms. The van der Waals surface area contributed by atoms with E-state index in [2.05, 4.69) is 20.9 Å². The van der Waals surface area contributed by atoms with Gasteiger partial charge in [-0.1, -0.05) is 63.7 Å². The van der Waals surface area contributed by atoms with E-state index in [0.717, 1.165) is 4.47 Å². The van der Waals surface area contributed by atoms with E-state index in [1.54, 1.807) is 57.2 Å². The first-order valence-electron chi connectivity index (χ1n) is 13.2. The lowest BCUT2D eigenvalue weighted by molar-refractivity contribution is -0.143. The van der Waals surface area contributed by atoms with Crippen molar-refractivity contribution in [2.24, 2.45) is 4.99 Å². The van der Waals surface area contributed by atoms with Crippen molar-refractivity contribution in [3.63, 3.8) is 0 Å². The van der Waals surface area contributed by atoms with Crippen molar-refractivity contribution >= 4 is 39.3 Å². The number of rotatable bonds is 8. The van der Waals surface area contributed by atoms with Gasteiger partial charge in [0, 0.05) is 21.2 Å². The van der Waals surface area contributed by atoms with Crippen LogP contribution in [0.1, 0.15) is 43.5 Å². The number of hydrogen-bond acceptors (Lipinski definition) is 7. The minimum absolute atomic E-state index is 0.0297. The molecule has 0 saturated carbocycles. The summed E-state index contributed by atoms with van der Waals surface area (Å²) in [5.74, 6) is 0.0938. The number of esters is 1. The maximum atomic E-state index is 14.2. The molecule has 5 rings (SSSR count). The molecule has 42 heavy (non-hydrogen) atoms. The summed E-state index contributed by atoms with van der Waals surface area (Å²) in [5.41, 5.74) is 2.05. The highest BCUT2D eigenvalue weighted by atomic mass is 79.9. The third kappa shape index (κ3) is 5.96. The number of hydrogen-bond donors (Lipinski definition) is 0. The van der Waals surface area contributed by atoms with Crippen LogP contribution in [-0.2, 0) is 16.1 Å². The Morgan fingerprint density at radius 1 is 1.12 bits per heavy atom. The second-order valence-electron chi connectivity index (χ2n) is 9.84. The molecule has 0 amide bonds. The van der Waals surface area contributed by atoms with Crippen LogP contribution in [0, 0.1) is 5.82 Å². The zero-order valence-corrected chi connectivity index (χ0v) is 25.8. The second-order valence-corrected chi connectivity index (χ2v) is 11.8. The summed E-state index contributed by atoms with van der Waals surface area (Å²) in [4.78, 5) is 32.6. The molecule has 7 nitrogen and oxygen atoms in total. The van der Waals surface area contributed by atoms with Crippen LogP contribution < -0.4 is 24.4 Å². The fraction of sp³-hybridized carbons (Fsp3) is 0.219. The van der Waals surface area contributed by atoms with Crippen LogP contribution in [0.15, 0.2) is 92.3 Å². The third-order valence-corrected chi connectivity index (χ3v) is 8.09. The Morgan fingerprint density at radius 2 is 1.86 bits per heavy atom. The zero-order chi connectivity index (χ0) is 30.0. The first-order valence-corrected chi connectivity index (χ1v) is 14.8. The highest BCUT2D eigenvalue weighted by Crippen LogP contribution is 2.37. The number of benzene rings is 3. The maximum Gasteiger partial charge on any atom is 0.338 e. The molecule has 0 aliphatic carbocycles. The molecule has 1 atom stereocenters. The molecule has 2 heterocycles. The summed E-state index contributed by atoms with van der Waals surface area (Å²) in [7, 11) is 1.54. The number of allylic oxidation sites excluding steroid dienone is 1. The van der Waals surface area contributed by atoms with Crippen molar-refractivity contribution < 1.29 is 23.4 Å². The topological polar surface area (TPSA) is 79.1 Å². The van der Waals surface area contributed by atoms with Gasteiger partial charge in [0.25, 0.3) is 5.56 Å². The summed E-state index contributed by atoms with van der Waals surface area (Å²) in [6.45, 7) is 5.30. The fourth-order valence-corrected chi connectivity index (χ4v) is 6.13. The average Bonchev–Trinajstić information content (AvgIpc) is 3.26. The monoisotopic (exact) mass is 650 g/mol. The Hall–Kier alpha value is -4.02. The lowest BCUT2D eigenvalue weighted by atomic mass is 9.95. The van der Waals surface area contributed by atoms with Crippen molar-refractivity contribution in [1.82, 2.24) is 4.57 Å². The van der Waals surface area contributed by atoms with Gasteiger partial charge in [-0.15, -0.1) is 0 Å². The van der Waals surface area contributed by atoms with Gasteiger partial charge in [-0.2, -0.15) is 0 Å². The van der Waals surface area contributed by atoms with Crippen LogP contribution in [0.2, 0.25) is 0 Å². The largest absolute Gasteiger partial charge is 0.496 e. The summed E-state index contributed by atoms with van der Waals surface area (Å²) in [6, 6.07) is 18.2. The van der Waals surface area contributed by atoms with Crippen molar-refractivity contribution in [2.45, 2.75) is 39.5 Å². The van der Waals surface area contributed by atoms with E-state index >= 15 is 0 Å². The van der Waals surface area contributed by atoms with Crippen LogP contribution in [0.5, 0.6) is 11.5 Å². The number of halogens is 2. The zero-order valence-electron chi connectivity index (χ0n) is 23.4. The van der Waals surface area contributed by atoms with Gasteiger partial charge in [-0.3, -0.25) is 9.36 Å². The predicted molar refractivity (Wildman–Crippen MR) is 163 cm³/mol. The number of para-hydroxylation sites is 1. The Balaban J connectivity index is 1.65. The van der Waals surface area contributed by atoms with Crippen LogP contribution in [-0.4, -0.2) is 23.8 Å². The Bertz CT molecular complexity index is 1880. The number of carbonyl (C=O) groups excluding carboxylic acids is 1. The average molecular weight is 652 g/mol. The highest BCUT2D eigenvalue weighted by Gasteiger charge is 2.35. The molecule has 1 aliphatic rings. The number of carbonyl (C=O) groups is 1. The van der Waals surface area contributed by atoms with Gasteiger partial charge < -0.3 is 14.2 Å². The van der Waals surface area contributed by atoms with E-state index < -0.39 is 12.0 Å². The van der Waals surface area contributed by atoms with Crippen LogP contribution in [0.3, 0.4) is 0 Å². The van der Waals surface area contributed by atoms with Gasteiger partial charge in [0.05, 0.1) is 29.0 Å². The number of thiazole rings is 1. The minimum atomic E-state index is -0.838. The highest BCUT2D eigenvalue weighted by molar-refractivity contribution is 9.10. The minimum Gasteiger partial charge on any atom is -0.496 e. The normalized spacial score (nSPS) is 14.9. The number of ether oxygens (including phenoxy) is 3. The van der Waals surface area contributed by atoms with Crippen molar-refractivity contribution in [1.29, 1.82) is 0 Å². The predicted octanol–water partition coefficient (Wildman–Crippen LogP) is 5.68. The molecule has 0 radical (unpaired) electrons. The Morgan fingerprint density at radius 3 is 2.60 bits per heavy atom. The number of fused-ring (bicyclic) bond motifs is 1. The number of nitrogens with zero attached hydrogens (tertiary/aromatic N) is 2. The third-order valence-electron chi connectivity index (χ3n) is 6.62. The second kappa shape index (κ2) is 12.5. The summed E-state index contributed by atoms with van der Waals surface area (Å²) in [5, 5.41) is 0. The van der Waals surface area contributed by atoms with E-state index in [-0.39, 0.29) is 29.7 Å². The Kier molecular flexibility index (Phi) is 8.74. The van der Waals surface area contributed by atoms with Crippen molar-refractivity contribution in [2.75, 3.05) is 7.11 Å². The molecule has 0 N–H and O–H groups in total. The molecule has 0 saturated heterocycles. The van der Waals surface area contributed by atoms with E-state index in [4.69, 9.17) is 14.2 Å².